The Balaban J connectivity index is 1.51. The van der Waals surface area contributed by atoms with Gasteiger partial charge in [0.25, 0.3) is 5.91 Å². The smallest absolute Gasteiger partial charge is 0.323 e. The van der Waals surface area contributed by atoms with E-state index in [9.17, 15) is 14.4 Å². The molecule has 1 aromatic rings. The predicted molar refractivity (Wildman–Crippen MR) is 93.5 cm³/mol. The summed E-state index contributed by atoms with van der Waals surface area (Å²) in [6.45, 7) is -0.162. The zero-order chi connectivity index (χ0) is 17.4. The molecule has 4 rings (SSSR count). The van der Waals surface area contributed by atoms with Crippen molar-refractivity contribution in [1.29, 1.82) is 0 Å². The first kappa shape index (κ1) is 16.3. The number of Topliss-reactive ketones (excluding diaryl/α,β-unsaturated/α-hetero) is 1. The van der Waals surface area contributed by atoms with Crippen LogP contribution in [0.5, 0.6) is 0 Å². The van der Waals surface area contributed by atoms with Gasteiger partial charge in [-0.3, -0.25) is 14.5 Å². The second kappa shape index (κ2) is 6.28. The van der Waals surface area contributed by atoms with E-state index < -0.39 is 11.6 Å². The highest BCUT2D eigenvalue weighted by atomic mass is 16.2. The maximum Gasteiger partial charge on any atom is 0.325 e. The average molecular weight is 340 g/mol. The first-order valence-electron chi connectivity index (χ1n) is 9.38. The van der Waals surface area contributed by atoms with Crippen molar-refractivity contribution in [1.82, 2.24) is 10.2 Å². The molecule has 5 nitrogen and oxygen atoms in total. The Kier molecular flexibility index (Phi) is 4.10. The largest absolute Gasteiger partial charge is 0.325 e. The fourth-order valence-electron chi connectivity index (χ4n) is 4.46. The summed E-state index contributed by atoms with van der Waals surface area (Å²) in [7, 11) is 0. The Morgan fingerprint density at radius 3 is 2.48 bits per heavy atom. The third-order valence-electron chi connectivity index (χ3n) is 5.93. The molecule has 25 heavy (non-hydrogen) atoms. The number of imide groups is 1. The minimum atomic E-state index is -0.758. The maximum atomic E-state index is 12.8. The number of nitrogens with zero attached hydrogens (tertiary/aromatic N) is 1. The number of benzene rings is 1. The fourth-order valence-corrected chi connectivity index (χ4v) is 4.46. The van der Waals surface area contributed by atoms with Crippen LogP contribution < -0.4 is 5.32 Å². The van der Waals surface area contributed by atoms with Crippen LogP contribution in [0.15, 0.2) is 18.2 Å². The van der Waals surface area contributed by atoms with Crippen molar-refractivity contribution in [2.75, 3.05) is 6.54 Å². The van der Waals surface area contributed by atoms with E-state index in [0.717, 1.165) is 43.4 Å². The van der Waals surface area contributed by atoms with Gasteiger partial charge in [-0.2, -0.15) is 0 Å². The normalized spacial score (nSPS) is 22.0. The molecule has 2 fully saturated rings. The molecule has 1 N–H and O–H groups in total. The SMILES string of the molecule is O=C(CN1C(=O)NC2(CCCCC2)C1=O)c1ccc2c(c1)CCCC2. The van der Waals surface area contributed by atoms with E-state index in [4.69, 9.17) is 0 Å². The summed E-state index contributed by atoms with van der Waals surface area (Å²) in [6.07, 6.45) is 8.77. The van der Waals surface area contributed by atoms with Gasteiger partial charge < -0.3 is 5.32 Å². The van der Waals surface area contributed by atoms with Gasteiger partial charge in [0.15, 0.2) is 5.78 Å². The lowest BCUT2D eigenvalue weighted by atomic mass is 9.82. The first-order chi connectivity index (χ1) is 12.1. The molecule has 0 bridgehead atoms. The van der Waals surface area contributed by atoms with Crippen LogP contribution in [0.2, 0.25) is 0 Å². The Labute approximate surface area is 147 Å². The van der Waals surface area contributed by atoms with E-state index in [-0.39, 0.29) is 18.2 Å². The number of urea groups is 1. The zero-order valence-electron chi connectivity index (χ0n) is 14.5. The average Bonchev–Trinajstić information content (AvgIpc) is 2.86. The van der Waals surface area contributed by atoms with Crippen LogP contribution in [-0.2, 0) is 17.6 Å². The molecule has 0 radical (unpaired) electrons. The van der Waals surface area contributed by atoms with Gasteiger partial charge in [0.05, 0.1) is 6.54 Å². The summed E-state index contributed by atoms with van der Waals surface area (Å²) >= 11 is 0. The molecule has 1 saturated heterocycles. The Hall–Kier alpha value is -2.17. The number of nitrogens with one attached hydrogen (secondary N) is 1. The van der Waals surface area contributed by atoms with Crippen molar-refractivity contribution in [2.24, 2.45) is 0 Å². The van der Waals surface area contributed by atoms with Gasteiger partial charge in [-0.05, 0) is 55.7 Å². The number of carbonyl (C=O) groups is 3. The predicted octanol–water partition coefficient (Wildman–Crippen LogP) is 3.00. The van der Waals surface area contributed by atoms with Gasteiger partial charge in [-0.1, -0.05) is 31.4 Å². The maximum absolute atomic E-state index is 12.8. The molecule has 3 amide bonds. The molecule has 2 aliphatic carbocycles. The fraction of sp³-hybridized carbons (Fsp3) is 0.550. The highest BCUT2D eigenvalue weighted by molar-refractivity contribution is 6.11. The Morgan fingerprint density at radius 2 is 1.72 bits per heavy atom. The van der Waals surface area contributed by atoms with Gasteiger partial charge >= 0.3 is 6.03 Å². The number of hydrogen-bond acceptors (Lipinski definition) is 3. The molecule has 1 spiro atoms. The first-order valence-corrected chi connectivity index (χ1v) is 9.38. The molecule has 1 aliphatic heterocycles. The van der Waals surface area contributed by atoms with Crippen LogP contribution in [0.4, 0.5) is 4.79 Å². The van der Waals surface area contributed by atoms with Gasteiger partial charge in [0.1, 0.15) is 5.54 Å². The second-order valence-corrected chi connectivity index (χ2v) is 7.58. The van der Waals surface area contributed by atoms with Crippen LogP contribution in [-0.4, -0.2) is 34.7 Å². The zero-order valence-corrected chi connectivity index (χ0v) is 14.5. The molecule has 0 unspecified atom stereocenters. The lowest BCUT2D eigenvalue weighted by Crippen LogP contribution is -2.48. The van der Waals surface area contributed by atoms with Crippen molar-refractivity contribution in [3.8, 4) is 0 Å². The summed E-state index contributed by atoms with van der Waals surface area (Å²) in [5.74, 6) is -0.381. The molecule has 5 heteroatoms. The summed E-state index contributed by atoms with van der Waals surface area (Å²) in [6, 6.07) is 5.39. The summed E-state index contributed by atoms with van der Waals surface area (Å²) in [5, 5.41) is 2.86. The highest BCUT2D eigenvalue weighted by Gasteiger charge is 2.51. The molecule has 1 saturated carbocycles. The van der Waals surface area contributed by atoms with E-state index in [1.54, 1.807) is 0 Å². The molecular formula is C20H24N2O3. The van der Waals surface area contributed by atoms with Crippen molar-refractivity contribution in [3.63, 3.8) is 0 Å². The number of rotatable bonds is 3. The number of carbonyl (C=O) groups excluding carboxylic acids is 3. The minimum absolute atomic E-state index is 0.162. The molecule has 1 heterocycles. The van der Waals surface area contributed by atoms with E-state index in [2.05, 4.69) is 5.32 Å². The number of hydrogen-bond donors (Lipinski definition) is 1. The number of aryl methyl sites for hydroxylation is 2. The molecule has 0 aromatic heterocycles. The molecule has 3 aliphatic rings. The van der Waals surface area contributed by atoms with Crippen LogP contribution in [0.1, 0.15) is 66.4 Å². The molecule has 0 atom stereocenters. The molecular weight excluding hydrogens is 316 g/mol. The van der Waals surface area contributed by atoms with E-state index in [1.807, 2.05) is 18.2 Å². The highest BCUT2D eigenvalue weighted by Crippen LogP contribution is 2.33. The van der Waals surface area contributed by atoms with Crippen molar-refractivity contribution in [2.45, 2.75) is 63.3 Å². The number of fused-ring (bicyclic) bond motifs is 1. The van der Waals surface area contributed by atoms with Gasteiger partial charge in [-0.15, -0.1) is 0 Å². The van der Waals surface area contributed by atoms with Crippen LogP contribution >= 0.6 is 0 Å². The molecule has 1 aromatic carbocycles. The van der Waals surface area contributed by atoms with E-state index in [0.29, 0.717) is 18.4 Å². The molecule has 132 valence electrons. The quantitative estimate of drug-likeness (QED) is 0.679. The Morgan fingerprint density at radius 1 is 1.00 bits per heavy atom. The lowest BCUT2D eigenvalue weighted by molar-refractivity contribution is -0.132. The summed E-state index contributed by atoms with van der Waals surface area (Å²) < 4.78 is 0. The van der Waals surface area contributed by atoms with E-state index in [1.165, 1.54) is 17.5 Å². The van der Waals surface area contributed by atoms with Crippen LogP contribution in [0.25, 0.3) is 0 Å². The van der Waals surface area contributed by atoms with Gasteiger partial charge in [0.2, 0.25) is 0 Å². The van der Waals surface area contributed by atoms with Crippen LogP contribution in [0, 0.1) is 0 Å². The summed E-state index contributed by atoms with van der Waals surface area (Å²) in [5.41, 5.74) is 2.40. The third-order valence-corrected chi connectivity index (χ3v) is 5.93. The number of ketones is 1. The second-order valence-electron chi connectivity index (χ2n) is 7.58. The number of amides is 3. The Bertz CT molecular complexity index is 734. The van der Waals surface area contributed by atoms with Crippen molar-refractivity contribution in [3.05, 3.63) is 34.9 Å². The van der Waals surface area contributed by atoms with Crippen LogP contribution in [0.3, 0.4) is 0 Å². The van der Waals surface area contributed by atoms with Crippen molar-refractivity contribution >= 4 is 17.7 Å². The monoisotopic (exact) mass is 340 g/mol. The minimum Gasteiger partial charge on any atom is -0.323 e. The van der Waals surface area contributed by atoms with Gasteiger partial charge in [-0.25, -0.2) is 4.79 Å². The third kappa shape index (κ3) is 2.86. The van der Waals surface area contributed by atoms with Crippen molar-refractivity contribution < 1.29 is 14.4 Å². The lowest BCUT2D eigenvalue weighted by Gasteiger charge is -2.30. The van der Waals surface area contributed by atoms with E-state index >= 15 is 0 Å². The summed E-state index contributed by atoms with van der Waals surface area (Å²) in [4.78, 5) is 38.9. The topological polar surface area (TPSA) is 66.5 Å². The standard InChI is InChI=1S/C20H24N2O3/c23-17(16-9-8-14-6-2-3-7-15(14)12-16)13-22-18(24)20(21-19(22)25)10-4-1-5-11-20/h8-9,12H,1-7,10-11,13H2,(H,21,25). The van der Waals surface area contributed by atoms with Gasteiger partial charge in [0, 0.05) is 5.56 Å².